The van der Waals surface area contributed by atoms with Crippen molar-refractivity contribution in [3.8, 4) is 11.5 Å². The van der Waals surface area contributed by atoms with Gasteiger partial charge in [0.1, 0.15) is 23.0 Å². The minimum Gasteiger partial charge on any atom is -0.495 e. The van der Waals surface area contributed by atoms with Crippen LogP contribution in [0.4, 0.5) is 0 Å². The maximum atomic E-state index is 12.3. The van der Waals surface area contributed by atoms with Crippen molar-refractivity contribution in [3.63, 3.8) is 0 Å². The van der Waals surface area contributed by atoms with Gasteiger partial charge in [-0.2, -0.15) is 0 Å². The normalized spacial score (nSPS) is 12.0. The van der Waals surface area contributed by atoms with Gasteiger partial charge in [0.25, 0.3) is 0 Å². The minimum atomic E-state index is -3.64. The van der Waals surface area contributed by atoms with Crippen LogP contribution in [0.3, 0.4) is 0 Å². The summed E-state index contributed by atoms with van der Waals surface area (Å²) in [6, 6.07) is 14.3. The average molecular weight is 363 g/mol. The number of hydrogen-bond acceptors (Lipinski definition) is 4. The fourth-order valence-corrected chi connectivity index (χ4v) is 3.50. The zero-order valence-corrected chi connectivity index (χ0v) is 15.9. The lowest BCUT2D eigenvalue weighted by molar-refractivity contribution is 0.322. The first-order chi connectivity index (χ1) is 11.7. The van der Waals surface area contributed by atoms with E-state index < -0.39 is 10.0 Å². The number of ether oxygens (including phenoxy) is 2. The highest BCUT2D eigenvalue weighted by molar-refractivity contribution is 7.89. The van der Waals surface area contributed by atoms with Gasteiger partial charge < -0.3 is 9.47 Å². The van der Waals surface area contributed by atoms with E-state index in [1.165, 1.54) is 18.7 Å². The number of para-hydroxylation sites is 1. The molecule has 0 aromatic heterocycles. The van der Waals surface area contributed by atoms with Crippen LogP contribution in [0, 0.1) is 0 Å². The van der Waals surface area contributed by atoms with Crippen molar-refractivity contribution in [2.45, 2.75) is 31.1 Å². The summed E-state index contributed by atoms with van der Waals surface area (Å²) in [6.45, 7) is 6.85. The predicted molar refractivity (Wildman–Crippen MR) is 98.8 cm³/mol. The molecule has 0 spiro atoms. The highest BCUT2D eigenvalue weighted by atomic mass is 32.2. The molecule has 0 saturated carbocycles. The Kier molecular flexibility index (Phi) is 6.08. The Morgan fingerprint density at radius 1 is 1.00 bits per heavy atom. The van der Waals surface area contributed by atoms with E-state index in [2.05, 4.69) is 25.5 Å². The molecule has 2 rings (SSSR count). The number of hydrogen-bond donors (Lipinski definition) is 1. The van der Waals surface area contributed by atoms with Crippen molar-refractivity contribution >= 4 is 10.0 Å². The van der Waals surface area contributed by atoms with Crippen molar-refractivity contribution in [2.24, 2.45) is 0 Å². The van der Waals surface area contributed by atoms with Gasteiger partial charge >= 0.3 is 0 Å². The van der Waals surface area contributed by atoms with Crippen LogP contribution in [0.15, 0.2) is 53.4 Å². The Hall–Kier alpha value is -2.05. The molecule has 1 N–H and O–H groups in total. The highest BCUT2D eigenvalue weighted by Gasteiger charge is 2.18. The Balaban J connectivity index is 1.90. The number of rotatable bonds is 7. The SMILES string of the molecule is COc1ccccc1S(=O)(=O)NCCOc1ccc(C(C)(C)C)cc1. The number of benzene rings is 2. The summed E-state index contributed by atoms with van der Waals surface area (Å²) < 4.78 is 37.9. The van der Waals surface area contributed by atoms with Crippen molar-refractivity contribution < 1.29 is 17.9 Å². The van der Waals surface area contributed by atoms with Crippen molar-refractivity contribution in [3.05, 3.63) is 54.1 Å². The molecule has 136 valence electrons. The van der Waals surface area contributed by atoms with Crippen LogP contribution < -0.4 is 14.2 Å². The zero-order valence-electron chi connectivity index (χ0n) is 15.1. The molecule has 0 amide bonds. The third-order valence-electron chi connectivity index (χ3n) is 3.74. The smallest absolute Gasteiger partial charge is 0.244 e. The fourth-order valence-electron chi connectivity index (χ4n) is 2.31. The molecule has 0 heterocycles. The molecule has 0 unspecified atom stereocenters. The van der Waals surface area contributed by atoms with Crippen LogP contribution in [0.2, 0.25) is 0 Å². The molecule has 0 fully saturated rings. The van der Waals surface area contributed by atoms with Gasteiger partial charge in [0.15, 0.2) is 0 Å². The van der Waals surface area contributed by atoms with Crippen LogP contribution in [0.1, 0.15) is 26.3 Å². The molecule has 0 bridgehead atoms. The van der Waals surface area contributed by atoms with E-state index in [9.17, 15) is 8.42 Å². The molecule has 0 aliphatic carbocycles. The molecule has 0 atom stereocenters. The van der Waals surface area contributed by atoms with E-state index in [0.29, 0.717) is 11.5 Å². The second kappa shape index (κ2) is 7.89. The van der Waals surface area contributed by atoms with E-state index in [1.807, 2.05) is 24.3 Å². The Labute approximate surface area is 150 Å². The third-order valence-corrected chi connectivity index (χ3v) is 5.24. The van der Waals surface area contributed by atoms with Gasteiger partial charge in [-0.1, -0.05) is 45.0 Å². The molecule has 2 aromatic rings. The van der Waals surface area contributed by atoms with Crippen LogP contribution in [-0.2, 0) is 15.4 Å². The summed E-state index contributed by atoms with van der Waals surface area (Å²) >= 11 is 0. The van der Waals surface area contributed by atoms with Gasteiger partial charge in [-0.25, -0.2) is 13.1 Å². The standard InChI is InChI=1S/C19H25NO4S/c1-19(2,3)15-9-11-16(12-10-15)24-14-13-20-25(21,22)18-8-6-5-7-17(18)23-4/h5-12,20H,13-14H2,1-4H3. The number of nitrogens with one attached hydrogen (secondary N) is 1. The van der Waals surface area contributed by atoms with Crippen LogP contribution >= 0.6 is 0 Å². The second-order valence-electron chi connectivity index (χ2n) is 6.67. The zero-order chi connectivity index (χ0) is 18.5. The first-order valence-electron chi connectivity index (χ1n) is 8.10. The molecule has 2 aromatic carbocycles. The molecule has 0 aliphatic heterocycles. The lowest BCUT2D eigenvalue weighted by Gasteiger charge is -2.19. The molecular weight excluding hydrogens is 338 g/mol. The highest BCUT2D eigenvalue weighted by Crippen LogP contribution is 2.24. The summed E-state index contributed by atoms with van der Waals surface area (Å²) in [5.74, 6) is 1.03. The van der Waals surface area contributed by atoms with Gasteiger partial charge in [0.05, 0.1) is 7.11 Å². The van der Waals surface area contributed by atoms with Gasteiger partial charge in [0, 0.05) is 6.54 Å². The number of methoxy groups -OCH3 is 1. The second-order valence-corrected chi connectivity index (χ2v) is 8.41. The van der Waals surface area contributed by atoms with Gasteiger partial charge in [0.2, 0.25) is 10.0 Å². The molecule has 0 aliphatic rings. The van der Waals surface area contributed by atoms with Crippen LogP contribution in [0.5, 0.6) is 11.5 Å². The largest absolute Gasteiger partial charge is 0.495 e. The quantitative estimate of drug-likeness (QED) is 0.766. The van der Waals surface area contributed by atoms with Crippen molar-refractivity contribution in [1.82, 2.24) is 4.72 Å². The van der Waals surface area contributed by atoms with Gasteiger partial charge in [-0.3, -0.25) is 0 Å². The van der Waals surface area contributed by atoms with E-state index in [1.54, 1.807) is 18.2 Å². The van der Waals surface area contributed by atoms with E-state index in [0.717, 1.165) is 0 Å². The van der Waals surface area contributed by atoms with Crippen molar-refractivity contribution in [1.29, 1.82) is 0 Å². The van der Waals surface area contributed by atoms with Crippen LogP contribution in [0.25, 0.3) is 0 Å². The minimum absolute atomic E-state index is 0.0862. The lowest BCUT2D eigenvalue weighted by atomic mass is 9.87. The molecule has 0 saturated heterocycles. The topological polar surface area (TPSA) is 64.6 Å². The molecule has 5 nitrogen and oxygen atoms in total. The molecular formula is C19H25NO4S. The molecule has 6 heteroatoms. The molecule has 25 heavy (non-hydrogen) atoms. The maximum absolute atomic E-state index is 12.3. The van der Waals surface area contributed by atoms with Crippen LogP contribution in [-0.4, -0.2) is 28.7 Å². The lowest BCUT2D eigenvalue weighted by Crippen LogP contribution is -2.28. The molecule has 0 radical (unpaired) electrons. The third kappa shape index (κ3) is 5.21. The summed E-state index contributed by atoms with van der Waals surface area (Å²) in [6.07, 6.45) is 0. The average Bonchev–Trinajstić information content (AvgIpc) is 2.58. The summed E-state index contributed by atoms with van der Waals surface area (Å²) in [5.41, 5.74) is 1.31. The van der Waals surface area contributed by atoms with Gasteiger partial charge in [-0.15, -0.1) is 0 Å². The fraction of sp³-hybridized carbons (Fsp3) is 0.368. The summed E-state index contributed by atoms with van der Waals surface area (Å²) in [7, 11) is -2.20. The Bertz CT molecular complexity index is 793. The summed E-state index contributed by atoms with van der Waals surface area (Å²) in [5, 5.41) is 0. The Morgan fingerprint density at radius 3 is 2.24 bits per heavy atom. The monoisotopic (exact) mass is 363 g/mol. The first kappa shape index (κ1) is 19.3. The van der Waals surface area contributed by atoms with E-state index in [4.69, 9.17) is 9.47 Å². The predicted octanol–water partition coefficient (Wildman–Crippen LogP) is 3.35. The van der Waals surface area contributed by atoms with Crippen molar-refractivity contribution in [2.75, 3.05) is 20.3 Å². The van der Waals surface area contributed by atoms with E-state index >= 15 is 0 Å². The number of sulfonamides is 1. The van der Waals surface area contributed by atoms with Gasteiger partial charge in [-0.05, 0) is 35.2 Å². The first-order valence-corrected chi connectivity index (χ1v) is 9.58. The van der Waals surface area contributed by atoms with E-state index in [-0.39, 0.29) is 23.5 Å². The Morgan fingerprint density at radius 2 is 1.64 bits per heavy atom. The maximum Gasteiger partial charge on any atom is 0.244 e. The summed E-state index contributed by atoms with van der Waals surface area (Å²) in [4.78, 5) is 0.118.